The summed E-state index contributed by atoms with van der Waals surface area (Å²) in [4.78, 5) is 22.5. The largest absolute Gasteiger partial charge is 0.492 e. The number of thioether (sulfide) groups is 1. The minimum atomic E-state index is -0.137. The summed E-state index contributed by atoms with van der Waals surface area (Å²) in [6.07, 6.45) is 3.15. The van der Waals surface area contributed by atoms with Crippen LogP contribution in [-0.2, 0) is 0 Å². The molecule has 0 saturated carbocycles. The van der Waals surface area contributed by atoms with Gasteiger partial charge in [-0.15, -0.1) is 11.8 Å². The Morgan fingerprint density at radius 3 is 2.83 bits per heavy atom. The Labute approximate surface area is 141 Å². The van der Waals surface area contributed by atoms with Gasteiger partial charge in [-0.2, -0.15) is 0 Å². The number of ether oxygens (including phenoxy) is 1. The highest BCUT2D eigenvalue weighted by atomic mass is 32.2. The first kappa shape index (κ1) is 17.3. The van der Waals surface area contributed by atoms with Crippen molar-refractivity contribution in [3.63, 3.8) is 0 Å². The maximum Gasteiger partial charge on any atom is 0.275 e. The maximum absolute atomic E-state index is 12.5. The fourth-order valence-corrected chi connectivity index (χ4v) is 2.69. The van der Waals surface area contributed by atoms with Crippen LogP contribution in [0.5, 0.6) is 5.75 Å². The van der Waals surface area contributed by atoms with Gasteiger partial charge in [-0.3, -0.25) is 4.79 Å². The lowest BCUT2D eigenvalue weighted by Gasteiger charge is -2.18. The van der Waals surface area contributed by atoms with E-state index in [2.05, 4.69) is 9.97 Å². The summed E-state index contributed by atoms with van der Waals surface area (Å²) in [5.74, 6) is 1.52. The summed E-state index contributed by atoms with van der Waals surface area (Å²) in [6, 6.07) is 7.85. The van der Waals surface area contributed by atoms with Gasteiger partial charge in [0.05, 0.1) is 6.54 Å². The molecule has 0 saturated heterocycles. The zero-order chi connectivity index (χ0) is 16.7. The van der Waals surface area contributed by atoms with Crippen molar-refractivity contribution < 1.29 is 9.53 Å². The average molecular weight is 331 g/mol. The van der Waals surface area contributed by atoms with E-state index in [4.69, 9.17) is 4.74 Å². The number of benzene rings is 1. The Kier molecular flexibility index (Phi) is 6.40. The maximum atomic E-state index is 12.5. The molecule has 0 fully saturated rings. The van der Waals surface area contributed by atoms with Crippen molar-refractivity contribution in [2.75, 3.05) is 26.0 Å². The first-order chi connectivity index (χ1) is 11.1. The molecule has 23 heavy (non-hydrogen) atoms. The van der Waals surface area contributed by atoms with Crippen LogP contribution in [-0.4, -0.2) is 46.7 Å². The first-order valence-electron chi connectivity index (χ1n) is 7.50. The zero-order valence-corrected chi connectivity index (χ0v) is 14.5. The molecule has 0 unspecified atom stereocenters. The number of aromatic nitrogens is 2. The molecule has 0 atom stereocenters. The first-order valence-corrected chi connectivity index (χ1v) is 8.49. The summed E-state index contributed by atoms with van der Waals surface area (Å²) < 4.78 is 5.69. The summed E-state index contributed by atoms with van der Waals surface area (Å²) >= 11 is 1.52. The molecule has 1 heterocycles. The molecular weight excluding hydrogens is 310 g/mol. The topological polar surface area (TPSA) is 55.3 Å². The van der Waals surface area contributed by atoms with Crippen LogP contribution in [0.4, 0.5) is 0 Å². The van der Waals surface area contributed by atoms with Crippen LogP contribution in [0.15, 0.2) is 41.7 Å². The third kappa shape index (κ3) is 4.96. The number of nitrogens with zero attached hydrogens (tertiary/aromatic N) is 3. The number of carbonyl (C=O) groups is 1. The lowest BCUT2D eigenvalue weighted by atomic mass is 10.2. The van der Waals surface area contributed by atoms with Crippen LogP contribution in [0.2, 0.25) is 0 Å². The van der Waals surface area contributed by atoms with Crippen molar-refractivity contribution in [1.82, 2.24) is 14.9 Å². The highest BCUT2D eigenvalue weighted by Gasteiger charge is 2.18. The molecule has 122 valence electrons. The molecule has 5 nitrogen and oxygen atoms in total. The minimum Gasteiger partial charge on any atom is -0.492 e. The molecule has 0 spiro atoms. The monoisotopic (exact) mass is 331 g/mol. The smallest absolute Gasteiger partial charge is 0.275 e. The van der Waals surface area contributed by atoms with Crippen LogP contribution in [0, 0.1) is 6.92 Å². The van der Waals surface area contributed by atoms with Gasteiger partial charge in [-0.1, -0.05) is 19.1 Å². The Bertz CT molecular complexity index is 664. The van der Waals surface area contributed by atoms with Gasteiger partial charge in [0.15, 0.2) is 5.69 Å². The normalized spacial score (nSPS) is 10.4. The van der Waals surface area contributed by atoms with E-state index in [9.17, 15) is 4.79 Å². The lowest BCUT2D eigenvalue weighted by molar-refractivity contribution is 0.0763. The molecule has 1 aromatic carbocycles. The molecule has 0 bridgehead atoms. The second-order valence-electron chi connectivity index (χ2n) is 5.03. The van der Waals surface area contributed by atoms with Crippen LogP contribution in [0.1, 0.15) is 23.0 Å². The van der Waals surface area contributed by atoms with Gasteiger partial charge >= 0.3 is 0 Å². The minimum absolute atomic E-state index is 0.137. The molecule has 0 radical (unpaired) electrons. The number of aryl methyl sites for hydroxylation is 1. The lowest BCUT2D eigenvalue weighted by Crippen LogP contribution is -2.32. The molecule has 1 amide bonds. The van der Waals surface area contributed by atoms with Crippen molar-refractivity contribution in [2.24, 2.45) is 0 Å². The van der Waals surface area contributed by atoms with Crippen LogP contribution in [0.25, 0.3) is 0 Å². The van der Waals surface area contributed by atoms with Gasteiger partial charge in [0.1, 0.15) is 17.4 Å². The predicted octanol–water partition coefficient (Wildman–Crippen LogP) is 3.05. The number of hydrogen-bond donors (Lipinski definition) is 0. The van der Waals surface area contributed by atoms with Crippen LogP contribution in [0.3, 0.4) is 0 Å². The third-order valence-corrected chi connectivity index (χ3v) is 4.04. The molecule has 2 aromatic rings. The molecule has 6 heteroatoms. The van der Waals surface area contributed by atoms with E-state index in [1.54, 1.807) is 24.3 Å². The predicted molar refractivity (Wildman–Crippen MR) is 92.1 cm³/mol. The van der Waals surface area contributed by atoms with Gasteiger partial charge in [-0.25, -0.2) is 9.97 Å². The van der Waals surface area contributed by atoms with Gasteiger partial charge in [-0.05, 0) is 30.4 Å². The van der Waals surface area contributed by atoms with Crippen molar-refractivity contribution in [2.45, 2.75) is 18.9 Å². The summed E-state index contributed by atoms with van der Waals surface area (Å²) in [5.41, 5.74) is 1.55. The molecular formula is C17H21N3O2S. The van der Waals surface area contributed by atoms with E-state index in [-0.39, 0.29) is 5.91 Å². The zero-order valence-electron chi connectivity index (χ0n) is 13.7. The Morgan fingerprint density at radius 2 is 2.09 bits per heavy atom. The quantitative estimate of drug-likeness (QED) is 0.730. The van der Waals surface area contributed by atoms with E-state index < -0.39 is 0 Å². The fourth-order valence-electron chi connectivity index (χ4n) is 2.00. The molecule has 0 aliphatic heterocycles. The average Bonchev–Trinajstić information content (AvgIpc) is 2.55. The van der Waals surface area contributed by atoms with E-state index in [0.717, 1.165) is 17.1 Å². The second kappa shape index (κ2) is 8.53. The summed E-state index contributed by atoms with van der Waals surface area (Å²) in [7, 11) is 1.75. The Balaban J connectivity index is 1.92. The van der Waals surface area contributed by atoms with Crippen LogP contribution < -0.4 is 4.74 Å². The Hall–Kier alpha value is -2.08. The molecule has 2 rings (SSSR count). The summed E-state index contributed by atoms with van der Waals surface area (Å²) in [5, 5.41) is 0.673. The fraction of sp³-hybridized carbons (Fsp3) is 0.353. The number of likely N-dealkylation sites (N-methyl/N-ethyl adjacent to an activating group) is 1. The van der Waals surface area contributed by atoms with Crippen molar-refractivity contribution in [3.05, 3.63) is 47.9 Å². The second-order valence-corrected chi connectivity index (χ2v) is 6.29. The summed E-state index contributed by atoms with van der Waals surface area (Å²) in [6.45, 7) is 4.96. The Morgan fingerprint density at radius 1 is 1.30 bits per heavy atom. The SMILES string of the molecule is CCSc1nccnc1C(=O)N(C)CCOc1cccc(C)c1. The van der Waals surface area contributed by atoms with Crippen molar-refractivity contribution in [3.8, 4) is 5.75 Å². The van der Waals surface area contributed by atoms with E-state index in [0.29, 0.717) is 23.9 Å². The standard InChI is InChI=1S/C17H21N3O2S/c1-4-23-16-15(18-8-9-19-16)17(21)20(3)10-11-22-14-7-5-6-13(2)12-14/h5-9,12H,4,10-11H2,1-3H3. The van der Waals surface area contributed by atoms with E-state index >= 15 is 0 Å². The number of rotatable bonds is 7. The number of carbonyl (C=O) groups excluding carboxylic acids is 1. The molecule has 0 N–H and O–H groups in total. The highest BCUT2D eigenvalue weighted by molar-refractivity contribution is 7.99. The number of hydrogen-bond acceptors (Lipinski definition) is 5. The van der Waals surface area contributed by atoms with Crippen molar-refractivity contribution >= 4 is 17.7 Å². The molecule has 1 aromatic heterocycles. The van der Waals surface area contributed by atoms with Crippen LogP contribution >= 0.6 is 11.8 Å². The van der Waals surface area contributed by atoms with Gasteiger partial charge < -0.3 is 9.64 Å². The van der Waals surface area contributed by atoms with Gasteiger partial charge in [0.25, 0.3) is 5.91 Å². The van der Waals surface area contributed by atoms with Gasteiger partial charge in [0, 0.05) is 19.4 Å². The van der Waals surface area contributed by atoms with Crippen molar-refractivity contribution in [1.29, 1.82) is 0 Å². The van der Waals surface area contributed by atoms with Gasteiger partial charge in [0.2, 0.25) is 0 Å². The van der Waals surface area contributed by atoms with E-state index in [1.807, 2.05) is 38.1 Å². The molecule has 0 aliphatic carbocycles. The molecule has 0 aliphatic rings. The third-order valence-electron chi connectivity index (χ3n) is 3.18. The van der Waals surface area contributed by atoms with E-state index in [1.165, 1.54) is 11.8 Å². The number of amides is 1. The highest BCUT2D eigenvalue weighted by Crippen LogP contribution is 2.18.